The highest BCUT2D eigenvalue weighted by Gasteiger charge is 2.09. The van der Waals surface area contributed by atoms with Crippen LogP contribution in [-0.2, 0) is 13.1 Å². The van der Waals surface area contributed by atoms with Gasteiger partial charge in [0.2, 0.25) is 0 Å². The molecule has 0 aliphatic carbocycles. The molecule has 0 unspecified atom stereocenters. The molecule has 0 aliphatic heterocycles. The number of hydrogen-bond donors (Lipinski definition) is 0. The van der Waals surface area contributed by atoms with E-state index in [0.717, 1.165) is 29.5 Å². The van der Waals surface area contributed by atoms with Gasteiger partial charge in [-0.3, -0.25) is 9.88 Å². The van der Waals surface area contributed by atoms with Gasteiger partial charge in [0.25, 0.3) is 0 Å². The first kappa shape index (κ1) is 14.8. The van der Waals surface area contributed by atoms with Crippen LogP contribution in [0.25, 0.3) is 10.7 Å². The van der Waals surface area contributed by atoms with E-state index in [2.05, 4.69) is 55.4 Å². The Balaban J connectivity index is 1.64. The van der Waals surface area contributed by atoms with Gasteiger partial charge in [-0.2, -0.15) is 0 Å². The fourth-order valence-electron chi connectivity index (χ4n) is 2.02. The molecular weight excluding hydrogens is 366 g/mol. The molecule has 0 aliphatic rings. The van der Waals surface area contributed by atoms with Crippen molar-refractivity contribution in [2.75, 3.05) is 7.05 Å². The van der Waals surface area contributed by atoms with Gasteiger partial charge < -0.3 is 0 Å². The van der Waals surface area contributed by atoms with Crippen LogP contribution in [0.2, 0.25) is 0 Å². The Morgan fingerprint density at radius 2 is 2.10 bits per heavy atom. The molecule has 3 rings (SSSR count). The number of pyridine rings is 1. The van der Waals surface area contributed by atoms with Gasteiger partial charge in [-0.1, -0.05) is 6.07 Å². The van der Waals surface area contributed by atoms with Gasteiger partial charge in [-0.25, -0.2) is 4.98 Å². The van der Waals surface area contributed by atoms with Crippen molar-refractivity contribution in [2.45, 2.75) is 13.1 Å². The molecule has 3 aromatic rings. The number of aromatic nitrogens is 2. The van der Waals surface area contributed by atoms with Gasteiger partial charge in [-0.15, -0.1) is 22.7 Å². The standard InChI is InChI=1S/C15H14BrN3S2/c1-19(9-12-5-6-14(16)21-12)8-11-10-20-15(18-11)13-4-2-3-7-17-13/h2-7,10H,8-9H2,1H3. The van der Waals surface area contributed by atoms with E-state index in [-0.39, 0.29) is 0 Å². The van der Waals surface area contributed by atoms with Crippen LogP contribution < -0.4 is 0 Å². The predicted octanol–water partition coefficient (Wildman–Crippen LogP) is 4.66. The number of rotatable bonds is 5. The molecule has 3 aromatic heterocycles. The maximum absolute atomic E-state index is 4.68. The van der Waals surface area contributed by atoms with Crippen LogP contribution >= 0.6 is 38.6 Å². The SMILES string of the molecule is CN(Cc1csc(-c2ccccn2)n1)Cc1ccc(Br)s1. The summed E-state index contributed by atoms with van der Waals surface area (Å²) in [6, 6.07) is 10.2. The summed E-state index contributed by atoms with van der Waals surface area (Å²) in [7, 11) is 2.12. The molecular formula is C15H14BrN3S2. The summed E-state index contributed by atoms with van der Waals surface area (Å²) in [6.07, 6.45) is 1.80. The average molecular weight is 380 g/mol. The number of nitrogens with zero attached hydrogens (tertiary/aromatic N) is 3. The van der Waals surface area contributed by atoms with E-state index >= 15 is 0 Å². The van der Waals surface area contributed by atoms with Gasteiger partial charge in [0.05, 0.1) is 15.2 Å². The molecule has 0 atom stereocenters. The molecule has 0 amide bonds. The van der Waals surface area contributed by atoms with Gasteiger partial charge in [0.15, 0.2) is 0 Å². The summed E-state index contributed by atoms with van der Waals surface area (Å²) >= 11 is 6.93. The summed E-state index contributed by atoms with van der Waals surface area (Å²) in [6.45, 7) is 1.78. The van der Waals surface area contributed by atoms with E-state index in [1.807, 2.05) is 18.2 Å². The van der Waals surface area contributed by atoms with Crippen LogP contribution in [0.15, 0.2) is 45.7 Å². The summed E-state index contributed by atoms with van der Waals surface area (Å²) in [5.74, 6) is 0. The largest absolute Gasteiger partial charge is 0.295 e. The fraction of sp³-hybridized carbons (Fsp3) is 0.200. The molecule has 0 saturated heterocycles. The normalized spacial score (nSPS) is 11.2. The second kappa shape index (κ2) is 6.79. The highest BCUT2D eigenvalue weighted by molar-refractivity contribution is 9.11. The first-order valence-corrected chi connectivity index (χ1v) is 8.98. The van der Waals surface area contributed by atoms with Crippen LogP contribution in [0.4, 0.5) is 0 Å². The minimum Gasteiger partial charge on any atom is -0.295 e. The zero-order valence-electron chi connectivity index (χ0n) is 11.5. The van der Waals surface area contributed by atoms with Crippen molar-refractivity contribution >= 4 is 38.6 Å². The molecule has 21 heavy (non-hydrogen) atoms. The smallest absolute Gasteiger partial charge is 0.142 e. The van der Waals surface area contributed by atoms with Crippen molar-refractivity contribution < 1.29 is 0 Å². The quantitative estimate of drug-likeness (QED) is 0.645. The van der Waals surface area contributed by atoms with E-state index < -0.39 is 0 Å². The van der Waals surface area contributed by atoms with Crippen molar-refractivity contribution in [1.82, 2.24) is 14.9 Å². The van der Waals surface area contributed by atoms with E-state index in [4.69, 9.17) is 0 Å². The van der Waals surface area contributed by atoms with Crippen molar-refractivity contribution in [3.05, 3.63) is 56.3 Å². The molecule has 0 saturated carbocycles. The van der Waals surface area contributed by atoms with Crippen molar-refractivity contribution in [1.29, 1.82) is 0 Å². The lowest BCUT2D eigenvalue weighted by Gasteiger charge is -2.13. The lowest BCUT2D eigenvalue weighted by Crippen LogP contribution is -2.16. The van der Waals surface area contributed by atoms with Gasteiger partial charge in [0, 0.05) is 29.5 Å². The topological polar surface area (TPSA) is 29.0 Å². The molecule has 0 fully saturated rings. The Bertz CT molecular complexity index is 709. The molecule has 0 aromatic carbocycles. The average Bonchev–Trinajstić information content (AvgIpc) is 3.09. The molecule has 108 valence electrons. The van der Waals surface area contributed by atoms with Crippen LogP contribution in [0.3, 0.4) is 0 Å². The zero-order chi connectivity index (χ0) is 14.7. The van der Waals surface area contributed by atoms with Crippen LogP contribution in [-0.4, -0.2) is 21.9 Å². The van der Waals surface area contributed by atoms with Crippen LogP contribution in [0.1, 0.15) is 10.6 Å². The van der Waals surface area contributed by atoms with Crippen LogP contribution in [0.5, 0.6) is 0 Å². The summed E-state index contributed by atoms with van der Waals surface area (Å²) in [4.78, 5) is 12.6. The lowest BCUT2D eigenvalue weighted by molar-refractivity contribution is 0.318. The van der Waals surface area contributed by atoms with Crippen LogP contribution in [0, 0.1) is 0 Å². The Kier molecular flexibility index (Phi) is 4.80. The van der Waals surface area contributed by atoms with Gasteiger partial charge in [-0.05, 0) is 47.2 Å². The predicted molar refractivity (Wildman–Crippen MR) is 92.5 cm³/mol. The maximum atomic E-state index is 4.68. The van der Waals surface area contributed by atoms with Crippen molar-refractivity contribution in [2.24, 2.45) is 0 Å². The number of hydrogen-bond acceptors (Lipinski definition) is 5. The molecule has 3 heterocycles. The molecule has 3 nitrogen and oxygen atoms in total. The van der Waals surface area contributed by atoms with Gasteiger partial charge >= 0.3 is 0 Å². The summed E-state index contributed by atoms with van der Waals surface area (Å²) < 4.78 is 1.18. The third-order valence-electron chi connectivity index (χ3n) is 2.92. The Hall–Kier alpha value is -1.08. The molecule has 0 bridgehead atoms. The highest BCUT2D eigenvalue weighted by Crippen LogP contribution is 2.25. The molecule has 6 heteroatoms. The maximum Gasteiger partial charge on any atom is 0.142 e. The fourth-order valence-corrected chi connectivity index (χ4v) is 4.37. The Morgan fingerprint density at radius 1 is 1.19 bits per heavy atom. The van der Waals surface area contributed by atoms with Crippen molar-refractivity contribution in [3.8, 4) is 10.7 Å². The zero-order valence-corrected chi connectivity index (χ0v) is 14.7. The van der Waals surface area contributed by atoms with E-state index in [1.54, 1.807) is 28.9 Å². The Labute approximate surface area is 140 Å². The second-order valence-corrected chi connectivity index (χ2v) is 8.14. The third kappa shape index (κ3) is 3.97. The number of thiazole rings is 1. The van der Waals surface area contributed by atoms with E-state index in [0.29, 0.717) is 0 Å². The summed E-state index contributed by atoms with van der Waals surface area (Å²) in [5.41, 5.74) is 2.04. The summed E-state index contributed by atoms with van der Waals surface area (Å²) in [5, 5.41) is 3.10. The minimum atomic E-state index is 0.846. The number of thiophene rings is 1. The van der Waals surface area contributed by atoms with E-state index in [1.165, 1.54) is 8.66 Å². The van der Waals surface area contributed by atoms with Crippen molar-refractivity contribution in [3.63, 3.8) is 0 Å². The number of halogens is 1. The Morgan fingerprint density at radius 3 is 2.81 bits per heavy atom. The van der Waals surface area contributed by atoms with E-state index in [9.17, 15) is 0 Å². The minimum absolute atomic E-state index is 0.846. The monoisotopic (exact) mass is 379 g/mol. The molecule has 0 N–H and O–H groups in total. The first-order chi connectivity index (χ1) is 10.2. The molecule has 0 spiro atoms. The lowest BCUT2D eigenvalue weighted by atomic mass is 10.3. The highest BCUT2D eigenvalue weighted by atomic mass is 79.9. The second-order valence-electron chi connectivity index (χ2n) is 4.74. The molecule has 0 radical (unpaired) electrons. The first-order valence-electron chi connectivity index (χ1n) is 6.49. The van der Waals surface area contributed by atoms with Gasteiger partial charge in [0.1, 0.15) is 5.01 Å². The third-order valence-corrected chi connectivity index (χ3v) is 5.44.